The fraction of sp³-hybridized carbons (Fsp3) is 0.818. The Morgan fingerprint density at radius 1 is 1.50 bits per heavy atom. The molecular weight excluding hydrogens is 236 g/mol. The summed E-state index contributed by atoms with van der Waals surface area (Å²) in [4.78, 5) is 11.5. The van der Waals surface area contributed by atoms with E-state index in [1.165, 1.54) is 4.68 Å². The van der Waals surface area contributed by atoms with Gasteiger partial charge in [0.15, 0.2) is 11.4 Å². The highest BCUT2D eigenvalue weighted by Gasteiger charge is 2.50. The van der Waals surface area contributed by atoms with E-state index in [0.717, 1.165) is 19.3 Å². The van der Waals surface area contributed by atoms with E-state index >= 15 is 0 Å². The molecule has 3 rings (SSSR count). The maximum atomic E-state index is 11.5. The van der Waals surface area contributed by atoms with Crippen LogP contribution in [0.1, 0.15) is 51.0 Å². The first-order valence-corrected chi connectivity index (χ1v) is 6.31. The Kier molecular flexibility index (Phi) is 2.58. The van der Waals surface area contributed by atoms with Gasteiger partial charge in [0.1, 0.15) is 6.10 Å². The number of carboxylic acid groups (broad SMARTS) is 1. The molecule has 1 aliphatic heterocycles. The van der Waals surface area contributed by atoms with Crippen LogP contribution in [-0.4, -0.2) is 37.4 Å². The molecule has 1 saturated carbocycles. The molecule has 1 N–H and O–H groups in total. The number of hydrogen-bond acceptors (Lipinski definition) is 5. The number of carbonyl (C=O) groups is 1. The van der Waals surface area contributed by atoms with E-state index < -0.39 is 11.5 Å². The second-order valence-electron chi connectivity index (χ2n) is 5.15. The number of nitrogens with zero attached hydrogens (tertiary/aromatic N) is 4. The molecule has 2 heterocycles. The van der Waals surface area contributed by atoms with Gasteiger partial charge in [-0.25, -0.2) is 9.48 Å². The third-order valence-corrected chi connectivity index (χ3v) is 4.00. The molecule has 1 saturated heterocycles. The van der Waals surface area contributed by atoms with Gasteiger partial charge in [-0.05, 0) is 49.5 Å². The van der Waals surface area contributed by atoms with Crippen molar-refractivity contribution in [1.82, 2.24) is 20.2 Å². The number of carboxylic acids is 1. The first-order chi connectivity index (χ1) is 8.63. The predicted octanol–water partition coefficient (Wildman–Crippen LogP) is 0.877. The van der Waals surface area contributed by atoms with Crippen molar-refractivity contribution < 1.29 is 14.6 Å². The third-order valence-electron chi connectivity index (χ3n) is 4.00. The Labute approximate surface area is 104 Å². The SMILES string of the molecule is CC1CCC(c2nnnn2C2(C(=O)O)CCC2)O1. The predicted molar refractivity (Wildman–Crippen MR) is 59.8 cm³/mol. The van der Waals surface area contributed by atoms with Gasteiger partial charge in [-0.2, -0.15) is 0 Å². The lowest BCUT2D eigenvalue weighted by Gasteiger charge is -2.38. The van der Waals surface area contributed by atoms with Crippen molar-refractivity contribution in [3.8, 4) is 0 Å². The van der Waals surface area contributed by atoms with Gasteiger partial charge in [-0.3, -0.25) is 0 Å². The second-order valence-corrected chi connectivity index (χ2v) is 5.15. The molecule has 98 valence electrons. The van der Waals surface area contributed by atoms with Gasteiger partial charge in [0, 0.05) is 0 Å². The van der Waals surface area contributed by atoms with E-state index in [1.54, 1.807) is 0 Å². The number of ether oxygens (including phenoxy) is 1. The minimum Gasteiger partial charge on any atom is -0.479 e. The molecule has 2 fully saturated rings. The fourth-order valence-electron chi connectivity index (χ4n) is 2.72. The van der Waals surface area contributed by atoms with E-state index in [0.29, 0.717) is 18.7 Å². The normalized spacial score (nSPS) is 30.1. The van der Waals surface area contributed by atoms with Crippen LogP contribution in [0.4, 0.5) is 0 Å². The van der Waals surface area contributed by atoms with Crippen LogP contribution < -0.4 is 0 Å². The van der Waals surface area contributed by atoms with E-state index in [9.17, 15) is 9.90 Å². The summed E-state index contributed by atoms with van der Waals surface area (Å²) in [5, 5.41) is 20.9. The fourth-order valence-corrected chi connectivity index (χ4v) is 2.72. The number of aromatic nitrogens is 4. The Bertz CT molecular complexity index is 469. The molecule has 0 radical (unpaired) electrons. The molecule has 1 aromatic heterocycles. The van der Waals surface area contributed by atoms with Crippen LogP contribution in [0.5, 0.6) is 0 Å². The average Bonchev–Trinajstić information content (AvgIpc) is 2.84. The van der Waals surface area contributed by atoms with Crippen LogP contribution >= 0.6 is 0 Å². The van der Waals surface area contributed by atoms with E-state index in [2.05, 4.69) is 15.5 Å². The lowest BCUT2D eigenvalue weighted by atomic mass is 9.76. The van der Waals surface area contributed by atoms with E-state index in [1.807, 2.05) is 6.92 Å². The van der Waals surface area contributed by atoms with Crippen molar-refractivity contribution in [2.45, 2.75) is 56.8 Å². The van der Waals surface area contributed by atoms with Crippen molar-refractivity contribution in [2.24, 2.45) is 0 Å². The van der Waals surface area contributed by atoms with Gasteiger partial charge in [-0.15, -0.1) is 5.10 Å². The monoisotopic (exact) mass is 252 g/mol. The molecule has 7 heteroatoms. The number of aliphatic carboxylic acids is 1. The van der Waals surface area contributed by atoms with Crippen molar-refractivity contribution >= 4 is 5.97 Å². The zero-order valence-electron chi connectivity index (χ0n) is 10.2. The summed E-state index contributed by atoms with van der Waals surface area (Å²) in [6.07, 6.45) is 3.88. The van der Waals surface area contributed by atoms with Crippen molar-refractivity contribution in [3.63, 3.8) is 0 Å². The minimum atomic E-state index is -0.950. The summed E-state index contributed by atoms with van der Waals surface area (Å²) in [5.74, 6) is -0.296. The van der Waals surface area contributed by atoms with Gasteiger partial charge >= 0.3 is 5.97 Å². The van der Waals surface area contributed by atoms with Crippen LogP contribution in [0.2, 0.25) is 0 Å². The van der Waals surface area contributed by atoms with Crippen molar-refractivity contribution in [3.05, 3.63) is 5.82 Å². The standard InChI is InChI=1S/C11H16N4O3/c1-7-3-4-8(18-7)9-12-13-14-15(9)11(10(16)17)5-2-6-11/h7-8H,2-6H2,1H3,(H,16,17). The Hall–Kier alpha value is -1.50. The maximum absolute atomic E-state index is 11.5. The van der Waals surface area contributed by atoms with E-state index in [4.69, 9.17) is 4.74 Å². The minimum absolute atomic E-state index is 0.174. The van der Waals surface area contributed by atoms with Gasteiger partial charge in [-0.1, -0.05) is 0 Å². The van der Waals surface area contributed by atoms with Crippen LogP contribution in [-0.2, 0) is 15.1 Å². The first-order valence-electron chi connectivity index (χ1n) is 6.31. The molecule has 1 aromatic rings. The molecule has 7 nitrogen and oxygen atoms in total. The highest BCUT2D eigenvalue weighted by molar-refractivity contribution is 5.77. The summed E-state index contributed by atoms with van der Waals surface area (Å²) in [7, 11) is 0. The Morgan fingerprint density at radius 3 is 2.78 bits per heavy atom. The molecular formula is C11H16N4O3. The van der Waals surface area contributed by atoms with Gasteiger partial charge in [0.2, 0.25) is 0 Å². The lowest BCUT2D eigenvalue weighted by molar-refractivity contribution is -0.153. The first kappa shape index (κ1) is 11.6. The molecule has 2 unspecified atom stereocenters. The van der Waals surface area contributed by atoms with Crippen molar-refractivity contribution in [2.75, 3.05) is 0 Å². The van der Waals surface area contributed by atoms with Crippen molar-refractivity contribution in [1.29, 1.82) is 0 Å². The van der Waals surface area contributed by atoms with Crippen LogP contribution in [0.25, 0.3) is 0 Å². The Balaban J connectivity index is 1.94. The largest absolute Gasteiger partial charge is 0.479 e. The third kappa shape index (κ3) is 1.53. The van der Waals surface area contributed by atoms with Crippen LogP contribution in [0.3, 0.4) is 0 Å². The molecule has 18 heavy (non-hydrogen) atoms. The van der Waals surface area contributed by atoms with Gasteiger partial charge < -0.3 is 9.84 Å². The molecule has 2 atom stereocenters. The topological polar surface area (TPSA) is 90.1 Å². The highest BCUT2D eigenvalue weighted by Crippen LogP contribution is 2.41. The second kappa shape index (κ2) is 4.01. The smallest absolute Gasteiger partial charge is 0.331 e. The number of hydrogen-bond donors (Lipinski definition) is 1. The van der Waals surface area contributed by atoms with Gasteiger partial charge in [0.25, 0.3) is 0 Å². The number of tetrazole rings is 1. The molecule has 0 spiro atoms. The molecule has 1 aliphatic carbocycles. The van der Waals surface area contributed by atoms with Crippen LogP contribution in [0.15, 0.2) is 0 Å². The number of rotatable bonds is 3. The summed E-state index contributed by atoms with van der Waals surface area (Å²) >= 11 is 0. The maximum Gasteiger partial charge on any atom is 0.331 e. The summed E-state index contributed by atoms with van der Waals surface area (Å²) in [6.45, 7) is 2.00. The average molecular weight is 252 g/mol. The quantitative estimate of drug-likeness (QED) is 0.858. The molecule has 0 amide bonds. The van der Waals surface area contributed by atoms with E-state index in [-0.39, 0.29) is 12.2 Å². The summed E-state index contributed by atoms with van der Waals surface area (Å²) < 4.78 is 7.21. The summed E-state index contributed by atoms with van der Waals surface area (Å²) in [5.41, 5.74) is -0.950. The lowest BCUT2D eigenvalue weighted by Crippen LogP contribution is -2.49. The van der Waals surface area contributed by atoms with Crippen LogP contribution in [0, 0.1) is 0 Å². The summed E-state index contributed by atoms with van der Waals surface area (Å²) in [6, 6.07) is 0. The molecule has 0 aromatic carbocycles. The zero-order valence-corrected chi connectivity index (χ0v) is 10.2. The zero-order chi connectivity index (χ0) is 12.8. The molecule has 2 aliphatic rings. The molecule has 0 bridgehead atoms. The highest BCUT2D eigenvalue weighted by atomic mass is 16.5. The Morgan fingerprint density at radius 2 is 2.28 bits per heavy atom. The van der Waals surface area contributed by atoms with Gasteiger partial charge in [0.05, 0.1) is 6.10 Å².